The van der Waals surface area contributed by atoms with Crippen molar-refractivity contribution in [3.8, 4) is 0 Å². The van der Waals surface area contributed by atoms with E-state index in [2.05, 4.69) is 310 Å². The van der Waals surface area contributed by atoms with Gasteiger partial charge in [0.15, 0.2) is 5.78 Å². The van der Waals surface area contributed by atoms with Crippen LogP contribution in [-0.2, 0) is 38.4 Å². The molecule has 17 heteroatoms. The van der Waals surface area contributed by atoms with E-state index in [-0.39, 0.29) is 115 Å². The molecule has 840 valence electrons. The van der Waals surface area contributed by atoms with Gasteiger partial charge in [-0.2, -0.15) is 0 Å². The second kappa shape index (κ2) is 48.3. The third-order valence-corrected chi connectivity index (χ3v) is 35.4. The standard InChI is InChI=1S/2C16H31N.C15H29N.C15H31N.3C13H23NO2.C13H25NO.C13H23NO/c1-15(2,3)14-9-12-7-8-13(14)11-17(10-12)16(4,5)6;1-15(2,3)14-10-13-9-7-8-12(14)11-17(13)16(4,5)6;1-14(2,3)13-9-12-8-7-11(13)10-16(12)15(4,5)6;1-11-10-16(15(6,7)8)12(2)9-13(11)14(3,4)5;1-12(2,3)9-7-11(16)14(8-10(9)15)13(4,5)6;1-12(2,3)9-7-10(15)14(11(16)8-9)13(4,5)6;1-12(2,3)9-7-8-14(13(4,5)6)11(16)10(9)15;2*1-12(2,3)10-7-8-14(11(15)9-10)13(4,5)6/h2*12-14H,7-11H2,1-6H3;11-13H,7-10H2,1-6H3;11-13H,9-10H2,1-8H3;3*9H,7-8H2,1-6H3;10H,7-9H2,1-6H3;7-8,10H,9H2,1-6H3/t;;;11-,12+,13?;;;;;/m...1...../s1. The molecule has 0 N–H and O–H groups in total. The number of Topliss-reactive ketones (excluding diaryl/α,β-unsaturated/α-hetero) is 2. The molecule has 0 spiro atoms. The van der Waals surface area contributed by atoms with Crippen LogP contribution in [0.4, 0.5) is 0 Å². The lowest BCUT2D eigenvalue weighted by Gasteiger charge is -2.57. The molecule has 144 heavy (non-hydrogen) atoms. The second-order valence-electron chi connectivity index (χ2n) is 66.2. The number of ketones is 2. The highest BCUT2D eigenvalue weighted by atomic mass is 16.2. The van der Waals surface area contributed by atoms with Crippen LogP contribution < -0.4 is 0 Å². The van der Waals surface area contributed by atoms with Crippen molar-refractivity contribution in [3.05, 3.63) is 12.3 Å². The van der Waals surface area contributed by atoms with Crippen molar-refractivity contribution in [3.63, 3.8) is 0 Å². The summed E-state index contributed by atoms with van der Waals surface area (Å²) >= 11 is 0. The predicted molar refractivity (Wildman–Crippen MR) is 612 cm³/mol. The van der Waals surface area contributed by atoms with Gasteiger partial charge in [0.1, 0.15) is 0 Å². The average Bonchev–Trinajstić information content (AvgIpc) is 1.07. The Morgan fingerprint density at radius 2 is 0.674 bits per heavy atom. The monoisotopic (exact) mass is 2020 g/mol. The molecule has 0 aromatic rings. The minimum atomic E-state index is -0.392. The molecule has 12 heterocycles. The largest absolute Gasteiger partial charge is 0.338 e. The Balaban J connectivity index is 0.000000338. The zero-order chi connectivity index (χ0) is 112. The molecule has 15 rings (SSSR count). The highest BCUT2D eigenvalue weighted by Crippen LogP contribution is 2.53. The van der Waals surface area contributed by atoms with Crippen LogP contribution in [0.15, 0.2) is 12.3 Å². The molecule has 17 nitrogen and oxygen atoms in total. The molecule has 15 aliphatic rings. The summed E-state index contributed by atoms with van der Waals surface area (Å²) < 4.78 is 0. The number of nitrogens with zero attached hydrogens (tertiary/aromatic N) is 9. The molecular weight excluding hydrogens is 1780 g/mol. The molecule has 0 aromatic heterocycles. The van der Waals surface area contributed by atoms with Crippen LogP contribution in [0.2, 0.25) is 0 Å². The van der Waals surface area contributed by atoms with Crippen molar-refractivity contribution in [1.29, 1.82) is 0 Å². The van der Waals surface area contributed by atoms with Gasteiger partial charge in [0.05, 0.1) is 6.54 Å². The van der Waals surface area contributed by atoms with Gasteiger partial charge >= 0.3 is 0 Å². The number of carbonyl (C=O) groups is 8. The number of hydrogen-bond donors (Lipinski definition) is 0. The Morgan fingerprint density at radius 3 is 1.04 bits per heavy atom. The van der Waals surface area contributed by atoms with E-state index >= 15 is 0 Å². The van der Waals surface area contributed by atoms with Gasteiger partial charge in [-0.05, 0) is 391 Å². The number of piperidine rings is 8. The van der Waals surface area contributed by atoms with Crippen molar-refractivity contribution in [2.24, 2.45) is 132 Å². The van der Waals surface area contributed by atoms with Crippen LogP contribution in [0.5, 0.6) is 0 Å². The average molecular weight is 2020 g/mol. The lowest BCUT2D eigenvalue weighted by Crippen LogP contribution is -2.60. The maximum absolute atomic E-state index is 12.0. The minimum absolute atomic E-state index is 0.0140. The van der Waals surface area contributed by atoms with Crippen molar-refractivity contribution in [2.45, 2.75) is 571 Å². The molecular formula is C127H239N9O8. The van der Waals surface area contributed by atoms with Gasteiger partial charge in [-0.15, -0.1) is 0 Å². The van der Waals surface area contributed by atoms with Crippen LogP contribution in [0.3, 0.4) is 0 Å². The first-order valence-electron chi connectivity index (χ1n) is 57.9. The number of imide groups is 1. The quantitative estimate of drug-likeness (QED) is 0.167. The normalized spacial score (nSPS) is 29.0. The van der Waals surface area contributed by atoms with Crippen molar-refractivity contribution in [2.75, 3.05) is 52.4 Å². The second-order valence-corrected chi connectivity index (χ2v) is 66.2. The molecule has 16 atom stereocenters. The van der Waals surface area contributed by atoms with Gasteiger partial charge in [-0.1, -0.05) is 206 Å². The molecule has 0 aromatic carbocycles. The number of hydrogen-bond acceptors (Lipinski definition) is 12. The first-order valence-corrected chi connectivity index (χ1v) is 57.9. The van der Waals surface area contributed by atoms with Gasteiger partial charge in [0, 0.05) is 164 Å². The highest BCUT2D eigenvalue weighted by Gasteiger charge is 2.53. The van der Waals surface area contributed by atoms with E-state index in [0.717, 1.165) is 97.2 Å². The first-order chi connectivity index (χ1) is 63.9. The Kier molecular flexibility index (Phi) is 44.4. The Bertz CT molecular complexity index is 3910. The number of carbonyl (C=O) groups excluding carboxylic acids is 8. The molecule has 3 aliphatic carbocycles. The fourth-order valence-electron chi connectivity index (χ4n) is 26.3. The van der Waals surface area contributed by atoms with E-state index in [0.29, 0.717) is 93.8 Å². The SMILES string of the molecule is CC(C)(C)C1C=CN(C(C)(C)C)C(=O)C1.CC(C)(C)C1CC(=O)N(C(C)(C)C)C(=O)C1.CC(C)(C)C1CC(=O)N(C(C)(C)C)CC1=O.CC(C)(C)C1CC2CCC1CN(C(C)(C)C)C2.CC(C)(C)C1CC2CCC1CN2C(C)(C)C.CC(C)(C)C1CC2CCCC1CN2C(C)(C)C.CC(C)(C)C1CCN(C(C)(C)C)C(=O)C1.CC(C)(C)C1CCN(C(C)(C)C)C(=O)C1=O.C[C@@H]1CN(C(C)(C)C)[C@@H](C)CC1C(C)(C)C. The molecule has 14 unspecified atom stereocenters. The molecule has 12 aliphatic heterocycles. The fraction of sp³-hybridized carbons (Fsp3) is 0.921. The molecule has 11 saturated heterocycles. The zero-order valence-electron chi connectivity index (χ0n) is 106. The van der Waals surface area contributed by atoms with E-state index in [4.69, 9.17) is 0 Å². The summed E-state index contributed by atoms with van der Waals surface area (Å²) in [5.41, 5.74) is 2.57. The summed E-state index contributed by atoms with van der Waals surface area (Å²) in [5.74, 6) is 9.41. The fourth-order valence-corrected chi connectivity index (χ4v) is 26.3. The topological polar surface area (TPSA) is 166 Å². The van der Waals surface area contributed by atoms with Crippen LogP contribution in [-0.4, -0.2) is 211 Å². The molecule has 6 bridgehead atoms. The Hall–Kier alpha value is -4.06. The summed E-state index contributed by atoms with van der Waals surface area (Å²) in [7, 11) is 0. The Morgan fingerprint density at radius 1 is 0.278 bits per heavy atom. The van der Waals surface area contributed by atoms with E-state index in [1.54, 1.807) is 9.80 Å². The predicted octanol–water partition coefficient (Wildman–Crippen LogP) is 30.0. The maximum Gasteiger partial charge on any atom is 0.290 e. The number of likely N-dealkylation sites (tertiary alicyclic amines) is 5. The summed E-state index contributed by atoms with van der Waals surface area (Å²) in [6.45, 7) is 133. The summed E-state index contributed by atoms with van der Waals surface area (Å²) in [6.07, 6.45) is 24.7. The highest BCUT2D eigenvalue weighted by molar-refractivity contribution is 6.37. The minimum Gasteiger partial charge on any atom is -0.338 e. The third kappa shape index (κ3) is 38.6. The van der Waals surface area contributed by atoms with Crippen LogP contribution in [0.25, 0.3) is 0 Å². The molecule has 3 saturated carbocycles. The third-order valence-electron chi connectivity index (χ3n) is 35.4. The molecule has 14 fully saturated rings. The van der Waals surface area contributed by atoms with Gasteiger partial charge in [0.25, 0.3) is 5.91 Å². The van der Waals surface area contributed by atoms with Crippen molar-refractivity contribution >= 4 is 47.0 Å². The van der Waals surface area contributed by atoms with E-state index < -0.39 is 5.54 Å². The number of rotatable bonds is 0. The van der Waals surface area contributed by atoms with E-state index in [1.807, 2.05) is 120 Å². The molecule has 0 radical (unpaired) electrons. The van der Waals surface area contributed by atoms with Crippen LogP contribution in [0.1, 0.15) is 503 Å². The van der Waals surface area contributed by atoms with Crippen LogP contribution >= 0.6 is 0 Å². The number of fused-ring (bicyclic) bond motifs is 11. The smallest absolute Gasteiger partial charge is 0.290 e. The number of amides is 6. The van der Waals surface area contributed by atoms with Gasteiger partial charge in [-0.25, -0.2) is 0 Å². The Labute approximate surface area is 891 Å². The van der Waals surface area contributed by atoms with Crippen molar-refractivity contribution in [1.82, 2.24) is 44.1 Å². The zero-order valence-corrected chi connectivity index (χ0v) is 106. The van der Waals surface area contributed by atoms with E-state index in [1.165, 1.54) is 108 Å². The van der Waals surface area contributed by atoms with Crippen molar-refractivity contribution < 1.29 is 38.4 Å². The lowest BCUT2D eigenvalue weighted by atomic mass is 9.61. The first kappa shape index (κ1) is 132. The maximum atomic E-state index is 12.0. The van der Waals surface area contributed by atoms with Gasteiger partial charge < -0.3 is 19.6 Å². The van der Waals surface area contributed by atoms with Gasteiger partial charge in [-0.3, -0.25) is 62.9 Å². The number of allylic oxidation sites excluding steroid dienone is 1. The molecule has 6 amide bonds. The summed E-state index contributed by atoms with van der Waals surface area (Å²) in [4.78, 5) is 116. The summed E-state index contributed by atoms with van der Waals surface area (Å²) in [5, 5.41) is 0. The summed E-state index contributed by atoms with van der Waals surface area (Å²) in [6, 6.07) is 2.42. The lowest BCUT2D eigenvalue weighted by molar-refractivity contribution is -0.158. The van der Waals surface area contributed by atoms with Gasteiger partial charge in [0.2, 0.25) is 35.3 Å². The van der Waals surface area contributed by atoms with E-state index in [9.17, 15) is 38.4 Å². The van der Waals surface area contributed by atoms with Crippen LogP contribution in [0, 0.1) is 132 Å².